The van der Waals surface area contributed by atoms with Crippen LogP contribution in [0, 0.1) is 0 Å². The SMILES string of the molecule is CC(=O)c1ccc(OCc2nccn2C(F)F)c(Cl)c1. The van der Waals surface area contributed by atoms with Crippen molar-refractivity contribution in [2.24, 2.45) is 0 Å². The van der Waals surface area contributed by atoms with Crippen molar-refractivity contribution in [3.8, 4) is 5.75 Å². The quantitative estimate of drug-likeness (QED) is 0.791. The summed E-state index contributed by atoms with van der Waals surface area (Å²) < 4.78 is 31.3. The van der Waals surface area contributed by atoms with E-state index in [1.807, 2.05) is 0 Å². The summed E-state index contributed by atoms with van der Waals surface area (Å²) in [6.45, 7) is -1.39. The van der Waals surface area contributed by atoms with Gasteiger partial charge in [-0.25, -0.2) is 4.98 Å². The Hall–Kier alpha value is -1.95. The standard InChI is InChI=1S/C13H11ClF2N2O2/c1-8(19)9-2-3-11(10(14)6-9)20-7-12-17-4-5-18(12)13(15)16/h2-6,13H,7H2,1H3. The molecule has 0 aliphatic heterocycles. The molecule has 0 atom stereocenters. The fourth-order valence-corrected chi connectivity index (χ4v) is 1.85. The average Bonchev–Trinajstić information content (AvgIpc) is 2.85. The highest BCUT2D eigenvalue weighted by molar-refractivity contribution is 6.32. The second kappa shape index (κ2) is 6.00. The molecule has 106 valence electrons. The van der Waals surface area contributed by atoms with Gasteiger partial charge in [0.15, 0.2) is 11.6 Å². The molecule has 0 radical (unpaired) electrons. The van der Waals surface area contributed by atoms with E-state index in [0.29, 0.717) is 15.9 Å². The normalized spacial score (nSPS) is 10.8. The number of aromatic nitrogens is 2. The van der Waals surface area contributed by atoms with E-state index in [9.17, 15) is 13.6 Å². The fraction of sp³-hybridized carbons (Fsp3) is 0.231. The Labute approximate surface area is 118 Å². The van der Waals surface area contributed by atoms with E-state index in [0.717, 1.165) is 0 Å². The third-order valence-electron chi connectivity index (χ3n) is 2.65. The summed E-state index contributed by atoms with van der Waals surface area (Å²) in [6.07, 6.45) is 2.44. The summed E-state index contributed by atoms with van der Waals surface area (Å²) in [4.78, 5) is 15.0. The zero-order chi connectivity index (χ0) is 14.7. The van der Waals surface area contributed by atoms with Crippen LogP contribution in [0.2, 0.25) is 5.02 Å². The van der Waals surface area contributed by atoms with E-state index in [1.165, 1.54) is 31.5 Å². The molecular formula is C13H11ClF2N2O2. The van der Waals surface area contributed by atoms with Crippen molar-refractivity contribution in [2.75, 3.05) is 0 Å². The molecule has 2 rings (SSSR count). The van der Waals surface area contributed by atoms with E-state index in [-0.39, 0.29) is 23.2 Å². The molecule has 0 aliphatic rings. The highest BCUT2D eigenvalue weighted by atomic mass is 35.5. The minimum absolute atomic E-state index is 0.0895. The van der Waals surface area contributed by atoms with Crippen LogP contribution in [0.1, 0.15) is 29.7 Å². The predicted molar refractivity (Wildman–Crippen MR) is 69.3 cm³/mol. The third-order valence-corrected chi connectivity index (χ3v) is 2.95. The summed E-state index contributed by atoms with van der Waals surface area (Å²) in [6, 6.07) is 4.55. The van der Waals surface area contributed by atoms with Crippen LogP contribution in [-0.4, -0.2) is 15.3 Å². The first-order valence-corrected chi connectivity index (χ1v) is 6.10. The molecule has 2 aromatic rings. The maximum atomic E-state index is 12.6. The van der Waals surface area contributed by atoms with Gasteiger partial charge in [-0.05, 0) is 25.1 Å². The van der Waals surface area contributed by atoms with Crippen molar-refractivity contribution in [1.82, 2.24) is 9.55 Å². The molecule has 1 heterocycles. The highest BCUT2D eigenvalue weighted by Gasteiger charge is 2.13. The number of alkyl halides is 2. The number of rotatable bonds is 5. The van der Waals surface area contributed by atoms with Crippen LogP contribution in [0.3, 0.4) is 0 Å². The molecular weight excluding hydrogens is 290 g/mol. The lowest BCUT2D eigenvalue weighted by Crippen LogP contribution is -2.07. The molecule has 20 heavy (non-hydrogen) atoms. The zero-order valence-electron chi connectivity index (χ0n) is 10.5. The number of nitrogens with zero attached hydrogens (tertiary/aromatic N) is 2. The van der Waals surface area contributed by atoms with E-state index in [1.54, 1.807) is 6.07 Å². The van der Waals surface area contributed by atoms with Crippen molar-refractivity contribution in [3.63, 3.8) is 0 Å². The van der Waals surface area contributed by atoms with Crippen molar-refractivity contribution >= 4 is 17.4 Å². The number of benzene rings is 1. The second-order valence-electron chi connectivity index (χ2n) is 4.02. The molecule has 0 fully saturated rings. The van der Waals surface area contributed by atoms with Crippen molar-refractivity contribution < 1.29 is 18.3 Å². The lowest BCUT2D eigenvalue weighted by atomic mass is 10.1. The molecule has 0 amide bonds. The molecule has 1 aromatic heterocycles. The first-order chi connectivity index (χ1) is 9.49. The van der Waals surface area contributed by atoms with Gasteiger partial charge in [-0.2, -0.15) is 8.78 Å². The summed E-state index contributed by atoms with van der Waals surface area (Å²) in [7, 11) is 0. The number of ketones is 1. The predicted octanol–water partition coefficient (Wildman–Crippen LogP) is 3.71. The lowest BCUT2D eigenvalue weighted by molar-refractivity contribution is 0.0632. The monoisotopic (exact) mass is 300 g/mol. The van der Waals surface area contributed by atoms with Gasteiger partial charge in [0.1, 0.15) is 12.4 Å². The third kappa shape index (κ3) is 3.14. The van der Waals surface area contributed by atoms with Crippen LogP contribution < -0.4 is 4.74 Å². The molecule has 4 nitrogen and oxygen atoms in total. The summed E-state index contributed by atoms with van der Waals surface area (Å²) in [5, 5.41) is 0.243. The topological polar surface area (TPSA) is 44.1 Å². The molecule has 0 saturated heterocycles. The number of carbonyl (C=O) groups is 1. The highest BCUT2D eigenvalue weighted by Crippen LogP contribution is 2.26. The van der Waals surface area contributed by atoms with E-state index >= 15 is 0 Å². The first kappa shape index (κ1) is 14.5. The summed E-state index contributed by atoms with van der Waals surface area (Å²) >= 11 is 5.96. The number of imidazole rings is 1. The van der Waals surface area contributed by atoms with Crippen LogP contribution in [0.4, 0.5) is 8.78 Å². The van der Waals surface area contributed by atoms with Crippen LogP contribution in [0.5, 0.6) is 5.75 Å². The number of Topliss-reactive ketones (excluding diaryl/α,β-unsaturated/α-hetero) is 1. The molecule has 0 aliphatic carbocycles. The Morgan fingerprint density at radius 1 is 1.50 bits per heavy atom. The molecule has 0 bridgehead atoms. The van der Waals surface area contributed by atoms with Crippen LogP contribution in [-0.2, 0) is 6.61 Å². The van der Waals surface area contributed by atoms with Gasteiger partial charge in [0.25, 0.3) is 0 Å². The van der Waals surface area contributed by atoms with Crippen LogP contribution >= 0.6 is 11.6 Å². The summed E-state index contributed by atoms with van der Waals surface area (Å²) in [5.41, 5.74) is 0.455. The van der Waals surface area contributed by atoms with Gasteiger partial charge in [-0.15, -0.1) is 0 Å². The van der Waals surface area contributed by atoms with Gasteiger partial charge in [0, 0.05) is 18.0 Å². The second-order valence-corrected chi connectivity index (χ2v) is 4.43. The Morgan fingerprint density at radius 2 is 2.25 bits per heavy atom. The number of hydrogen-bond acceptors (Lipinski definition) is 3. The van der Waals surface area contributed by atoms with Gasteiger partial charge >= 0.3 is 6.55 Å². The smallest absolute Gasteiger partial charge is 0.320 e. The Morgan fingerprint density at radius 3 is 2.85 bits per heavy atom. The number of ether oxygens (including phenoxy) is 1. The van der Waals surface area contributed by atoms with Gasteiger partial charge in [0.05, 0.1) is 5.02 Å². The van der Waals surface area contributed by atoms with Gasteiger partial charge in [-0.3, -0.25) is 9.36 Å². The molecule has 0 spiro atoms. The molecule has 0 unspecified atom stereocenters. The molecule has 0 N–H and O–H groups in total. The first-order valence-electron chi connectivity index (χ1n) is 5.72. The van der Waals surface area contributed by atoms with Gasteiger partial charge in [0.2, 0.25) is 0 Å². The largest absolute Gasteiger partial charge is 0.484 e. The Balaban J connectivity index is 2.11. The number of carbonyl (C=O) groups excluding carboxylic acids is 1. The molecule has 7 heteroatoms. The van der Waals surface area contributed by atoms with E-state index in [4.69, 9.17) is 16.3 Å². The minimum atomic E-state index is -2.67. The fourth-order valence-electron chi connectivity index (χ4n) is 1.61. The van der Waals surface area contributed by atoms with Crippen molar-refractivity contribution in [3.05, 3.63) is 47.0 Å². The van der Waals surface area contributed by atoms with Crippen molar-refractivity contribution in [1.29, 1.82) is 0 Å². The maximum Gasteiger partial charge on any atom is 0.320 e. The van der Waals surface area contributed by atoms with Crippen LogP contribution in [0.15, 0.2) is 30.6 Å². The van der Waals surface area contributed by atoms with Gasteiger partial charge in [-0.1, -0.05) is 11.6 Å². The Bertz CT molecular complexity index is 629. The zero-order valence-corrected chi connectivity index (χ0v) is 11.3. The van der Waals surface area contributed by atoms with E-state index in [2.05, 4.69) is 4.98 Å². The van der Waals surface area contributed by atoms with Crippen molar-refractivity contribution in [2.45, 2.75) is 20.1 Å². The summed E-state index contributed by atoms with van der Waals surface area (Å²) in [5.74, 6) is 0.277. The maximum absolute atomic E-state index is 12.6. The molecule has 1 aromatic carbocycles. The van der Waals surface area contributed by atoms with E-state index < -0.39 is 6.55 Å². The molecule has 0 saturated carbocycles. The lowest BCUT2D eigenvalue weighted by Gasteiger charge is -2.10. The van der Waals surface area contributed by atoms with Crippen LogP contribution in [0.25, 0.3) is 0 Å². The number of halogens is 3. The van der Waals surface area contributed by atoms with Gasteiger partial charge < -0.3 is 4.74 Å². The average molecular weight is 301 g/mol. The Kier molecular flexibility index (Phi) is 4.34. The number of hydrogen-bond donors (Lipinski definition) is 0. The minimum Gasteiger partial charge on any atom is -0.484 e.